The quantitative estimate of drug-likeness (QED) is 0.754. The number of urea groups is 1. The van der Waals surface area contributed by atoms with Gasteiger partial charge in [-0.15, -0.1) is 0 Å². The van der Waals surface area contributed by atoms with Crippen LogP contribution in [0, 0.1) is 5.82 Å². The van der Waals surface area contributed by atoms with Gasteiger partial charge in [0.15, 0.2) is 0 Å². The Labute approximate surface area is 145 Å². The van der Waals surface area contributed by atoms with Crippen LogP contribution in [0.5, 0.6) is 0 Å². The van der Waals surface area contributed by atoms with Gasteiger partial charge >= 0.3 is 6.03 Å². The summed E-state index contributed by atoms with van der Waals surface area (Å²) < 4.78 is 12.8. The molecule has 0 heterocycles. The van der Waals surface area contributed by atoms with Crippen LogP contribution in [0.2, 0.25) is 0 Å². The molecule has 0 unspecified atom stereocenters. The Hall–Kier alpha value is -2.89. The van der Waals surface area contributed by atoms with Crippen molar-refractivity contribution in [3.63, 3.8) is 0 Å². The third-order valence-corrected chi connectivity index (χ3v) is 4.14. The van der Waals surface area contributed by atoms with Crippen molar-refractivity contribution in [2.24, 2.45) is 0 Å². The number of hydrogen-bond donors (Lipinski definition) is 3. The Morgan fingerprint density at radius 3 is 2.44 bits per heavy atom. The van der Waals surface area contributed by atoms with E-state index in [-0.39, 0.29) is 30.9 Å². The molecule has 0 radical (unpaired) electrons. The van der Waals surface area contributed by atoms with Crippen LogP contribution >= 0.6 is 0 Å². The van der Waals surface area contributed by atoms with Crippen LogP contribution in [0.15, 0.2) is 54.6 Å². The van der Waals surface area contributed by atoms with Crippen molar-refractivity contribution in [3.8, 4) is 0 Å². The largest absolute Gasteiger partial charge is 0.351 e. The fraction of sp³-hybridized carbons (Fsp3) is 0.263. The third kappa shape index (κ3) is 5.04. The minimum absolute atomic E-state index is 0.0761. The zero-order valence-corrected chi connectivity index (χ0v) is 13.7. The molecule has 2 aromatic rings. The molecule has 5 nitrogen and oxygen atoms in total. The molecule has 0 aromatic heterocycles. The summed E-state index contributed by atoms with van der Waals surface area (Å²) in [5, 5.41) is 8.06. The lowest BCUT2D eigenvalue weighted by molar-refractivity contribution is -0.120. The van der Waals surface area contributed by atoms with Crippen LogP contribution in [0.3, 0.4) is 0 Å². The summed E-state index contributed by atoms with van der Waals surface area (Å²) in [6.07, 6.45) is 0.923. The number of halogens is 1. The fourth-order valence-electron chi connectivity index (χ4n) is 2.69. The average Bonchev–Trinajstić information content (AvgIpc) is 3.39. The molecule has 25 heavy (non-hydrogen) atoms. The summed E-state index contributed by atoms with van der Waals surface area (Å²) in [5.74, 6) is -0.170. The van der Waals surface area contributed by atoms with Gasteiger partial charge in [0.05, 0.1) is 6.54 Å². The number of benzene rings is 2. The van der Waals surface area contributed by atoms with Crippen LogP contribution in [-0.4, -0.2) is 24.5 Å². The van der Waals surface area contributed by atoms with Gasteiger partial charge in [0.2, 0.25) is 5.91 Å². The van der Waals surface area contributed by atoms with Crippen LogP contribution in [-0.2, 0) is 11.3 Å². The van der Waals surface area contributed by atoms with E-state index in [9.17, 15) is 14.0 Å². The molecule has 130 valence electrons. The van der Waals surface area contributed by atoms with Gasteiger partial charge < -0.3 is 16.0 Å². The molecule has 0 saturated heterocycles. The topological polar surface area (TPSA) is 70.2 Å². The van der Waals surface area contributed by atoms with Crippen molar-refractivity contribution < 1.29 is 14.0 Å². The van der Waals surface area contributed by atoms with E-state index in [4.69, 9.17) is 0 Å². The van der Waals surface area contributed by atoms with Crippen LogP contribution in [0.1, 0.15) is 23.5 Å². The Bertz CT molecular complexity index is 734. The second kappa shape index (κ2) is 7.79. The predicted molar refractivity (Wildman–Crippen MR) is 92.4 cm³/mol. The molecule has 6 heteroatoms. The molecular formula is C19H20FN3O2. The molecule has 3 N–H and O–H groups in total. The number of hydrogen-bond acceptors (Lipinski definition) is 2. The highest BCUT2D eigenvalue weighted by Gasteiger charge is 2.39. The number of carbonyl (C=O) groups is 2. The van der Waals surface area contributed by atoms with Gasteiger partial charge in [0, 0.05) is 18.5 Å². The van der Waals surface area contributed by atoms with Crippen molar-refractivity contribution in [2.75, 3.05) is 6.54 Å². The van der Waals surface area contributed by atoms with E-state index < -0.39 is 6.03 Å². The first-order valence-electron chi connectivity index (χ1n) is 8.22. The summed E-state index contributed by atoms with van der Waals surface area (Å²) in [6, 6.07) is 15.6. The summed E-state index contributed by atoms with van der Waals surface area (Å²) in [5.41, 5.74) is 2.00. The summed E-state index contributed by atoms with van der Waals surface area (Å²) in [4.78, 5) is 23.6. The Kier molecular flexibility index (Phi) is 5.28. The van der Waals surface area contributed by atoms with Crippen LogP contribution < -0.4 is 16.0 Å². The molecule has 3 rings (SSSR count). The monoisotopic (exact) mass is 341 g/mol. The predicted octanol–water partition coefficient (Wildman–Crippen LogP) is 2.30. The lowest BCUT2D eigenvalue weighted by atomic mass is 10.1. The van der Waals surface area contributed by atoms with Crippen molar-refractivity contribution >= 4 is 11.9 Å². The maximum absolute atomic E-state index is 12.8. The summed E-state index contributed by atoms with van der Waals surface area (Å²) >= 11 is 0. The molecule has 2 atom stereocenters. The number of carbonyl (C=O) groups excluding carboxylic acids is 2. The molecule has 1 aliphatic rings. The Balaban J connectivity index is 1.34. The molecule has 3 amide bonds. The van der Waals surface area contributed by atoms with Gasteiger partial charge in [0.1, 0.15) is 5.82 Å². The van der Waals surface area contributed by atoms with Gasteiger partial charge in [-0.05, 0) is 29.7 Å². The van der Waals surface area contributed by atoms with Crippen molar-refractivity contribution in [3.05, 3.63) is 71.5 Å². The molecule has 0 spiro atoms. The standard InChI is InChI=1S/C19H20FN3O2/c20-15-8-6-13(7-9-15)11-21-19(25)22-12-18(24)23-17-10-16(17)14-4-2-1-3-5-14/h1-9,16-17H,10-12H2,(H,23,24)(H2,21,22,25)/t16-,17-/m1/s1. The van der Waals surface area contributed by atoms with Gasteiger partial charge in [-0.1, -0.05) is 42.5 Å². The Morgan fingerprint density at radius 1 is 1.00 bits per heavy atom. The number of rotatable bonds is 6. The molecule has 1 fully saturated rings. The van der Waals surface area contributed by atoms with E-state index in [1.54, 1.807) is 12.1 Å². The molecule has 0 aliphatic heterocycles. The first kappa shape index (κ1) is 17.0. The van der Waals surface area contributed by atoms with Gasteiger partial charge in [-0.25, -0.2) is 9.18 Å². The first-order valence-corrected chi connectivity index (χ1v) is 8.22. The second-order valence-corrected chi connectivity index (χ2v) is 6.09. The van der Waals surface area contributed by atoms with Gasteiger partial charge in [0.25, 0.3) is 0 Å². The lowest BCUT2D eigenvalue weighted by Gasteiger charge is -2.08. The summed E-state index contributed by atoms with van der Waals surface area (Å²) in [7, 11) is 0. The molecule has 0 bridgehead atoms. The third-order valence-electron chi connectivity index (χ3n) is 4.14. The van der Waals surface area contributed by atoms with E-state index in [1.165, 1.54) is 17.7 Å². The molecule has 2 aromatic carbocycles. The maximum atomic E-state index is 12.8. The molecule has 1 aliphatic carbocycles. The minimum atomic E-state index is -0.435. The highest BCUT2D eigenvalue weighted by Crippen LogP contribution is 2.40. The molecular weight excluding hydrogens is 321 g/mol. The first-order chi connectivity index (χ1) is 12.1. The highest BCUT2D eigenvalue weighted by atomic mass is 19.1. The molecule has 1 saturated carbocycles. The van der Waals surface area contributed by atoms with E-state index in [1.807, 2.05) is 18.2 Å². The van der Waals surface area contributed by atoms with Crippen molar-refractivity contribution in [1.29, 1.82) is 0 Å². The average molecular weight is 341 g/mol. The number of amides is 3. The number of nitrogens with one attached hydrogen (secondary N) is 3. The SMILES string of the molecule is O=C(CNC(=O)NCc1ccc(F)cc1)N[C@@H]1C[C@@H]1c1ccccc1. The minimum Gasteiger partial charge on any atom is -0.351 e. The zero-order chi connectivity index (χ0) is 17.6. The highest BCUT2D eigenvalue weighted by molar-refractivity contribution is 5.84. The maximum Gasteiger partial charge on any atom is 0.315 e. The summed E-state index contributed by atoms with van der Waals surface area (Å²) in [6.45, 7) is 0.194. The zero-order valence-electron chi connectivity index (χ0n) is 13.7. The fourth-order valence-corrected chi connectivity index (χ4v) is 2.69. The second-order valence-electron chi connectivity index (χ2n) is 6.09. The van der Waals surface area contributed by atoms with E-state index in [2.05, 4.69) is 28.1 Å². The van der Waals surface area contributed by atoms with E-state index in [0.29, 0.717) is 5.92 Å². The van der Waals surface area contributed by atoms with E-state index >= 15 is 0 Å². The normalized spacial score (nSPS) is 18.3. The van der Waals surface area contributed by atoms with Crippen LogP contribution in [0.4, 0.5) is 9.18 Å². The van der Waals surface area contributed by atoms with E-state index in [0.717, 1.165) is 12.0 Å². The lowest BCUT2D eigenvalue weighted by Crippen LogP contribution is -2.42. The van der Waals surface area contributed by atoms with Gasteiger partial charge in [-0.3, -0.25) is 4.79 Å². The van der Waals surface area contributed by atoms with Gasteiger partial charge in [-0.2, -0.15) is 0 Å². The van der Waals surface area contributed by atoms with Crippen LogP contribution in [0.25, 0.3) is 0 Å². The Morgan fingerprint density at radius 2 is 1.72 bits per heavy atom. The van der Waals surface area contributed by atoms with Crippen molar-refractivity contribution in [1.82, 2.24) is 16.0 Å². The smallest absolute Gasteiger partial charge is 0.315 e. The van der Waals surface area contributed by atoms with Crippen molar-refractivity contribution in [2.45, 2.75) is 24.9 Å².